The molecule has 3 rings (SSSR count). The van der Waals surface area contributed by atoms with Crippen molar-refractivity contribution < 1.29 is 9.21 Å². The van der Waals surface area contributed by atoms with Gasteiger partial charge in [-0.15, -0.1) is 0 Å². The first-order valence-corrected chi connectivity index (χ1v) is 7.63. The fourth-order valence-electron chi connectivity index (χ4n) is 2.29. The highest BCUT2D eigenvalue weighted by atomic mass is 79.9. The lowest BCUT2D eigenvalue weighted by Crippen LogP contribution is -2.19. The van der Waals surface area contributed by atoms with Crippen molar-refractivity contribution in [2.24, 2.45) is 14.1 Å². The van der Waals surface area contributed by atoms with Crippen molar-refractivity contribution in [2.45, 2.75) is 0 Å². The minimum Gasteiger partial charge on any atom is -0.457 e. The molecule has 0 saturated carbocycles. The monoisotopic (exact) mass is 412 g/mol. The van der Waals surface area contributed by atoms with E-state index >= 15 is 0 Å². The third kappa shape index (κ3) is 2.11. The number of carbonyl (C=O) groups is 1. The van der Waals surface area contributed by atoms with Crippen LogP contribution in [0.3, 0.4) is 0 Å². The van der Waals surface area contributed by atoms with Gasteiger partial charge in [-0.3, -0.25) is 13.9 Å². The van der Waals surface area contributed by atoms with E-state index in [2.05, 4.69) is 31.9 Å². The molecule has 0 atom stereocenters. The maximum absolute atomic E-state index is 12.6. The molecule has 0 amide bonds. The molecule has 0 radical (unpaired) electrons. The average molecular weight is 414 g/mol. The average Bonchev–Trinajstić information content (AvgIpc) is 2.97. The highest BCUT2D eigenvalue weighted by molar-refractivity contribution is 9.10. The lowest BCUT2D eigenvalue weighted by molar-refractivity contribution is 0.103. The zero-order valence-electron chi connectivity index (χ0n) is 11.2. The van der Waals surface area contributed by atoms with E-state index in [0.717, 1.165) is 5.52 Å². The molecule has 0 aliphatic carbocycles. The molecule has 2 aromatic heterocycles. The lowest BCUT2D eigenvalue weighted by atomic mass is 10.1. The second kappa shape index (κ2) is 4.99. The Morgan fingerprint density at radius 3 is 2.29 bits per heavy atom. The van der Waals surface area contributed by atoms with Crippen LogP contribution in [0.4, 0.5) is 0 Å². The fourth-order valence-corrected chi connectivity index (χ4v) is 3.23. The summed E-state index contributed by atoms with van der Waals surface area (Å²) in [5.74, 6) is -0.180. The Morgan fingerprint density at radius 2 is 1.71 bits per heavy atom. The predicted molar refractivity (Wildman–Crippen MR) is 85.7 cm³/mol. The number of hydrogen-bond acceptors (Lipinski definition) is 3. The van der Waals surface area contributed by atoms with Crippen molar-refractivity contribution in [3.63, 3.8) is 0 Å². The Bertz CT molecular complexity index is 934. The molecule has 0 unspecified atom stereocenters. The van der Waals surface area contributed by atoms with Gasteiger partial charge in [0.05, 0.1) is 22.9 Å². The molecular formula is C14H10Br2N2O3. The quantitative estimate of drug-likeness (QED) is 0.606. The van der Waals surface area contributed by atoms with Crippen LogP contribution in [0, 0.1) is 0 Å². The van der Waals surface area contributed by atoms with Crippen LogP contribution in [-0.4, -0.2) is 14.9 Å². The molecule has 0 aliphatic heterocycles. The molecule has 0 saturated heterocycles. The maximum Gasteiger partial charge on any atom is 0.328 e. The summed E-state index contributed by atoms with van der Waals surface area (Å²) in [4.78, 5) is 24.5. The Morgan fingerprint density at radius 1 is 1.10 bits per heavy atom. The second-order valence-electron chi connectivity index (χ2n) is 4.66. The van der Waals surface area contributed by atoms with Gasteiger partial charge >= 0.3 is 5.69 Å². The van der Waals surface area contributed by atoms with Crippen molar-refractivity contribution in [1.29, 1.82) is 0 Å². The van der Waals surface area contributed by atoms with Gasteiger partial charge in [0.25, 0.3) is 0 Å². The summed E-state index contributed by atoms with van der Waals surface area (Å²) in [6, 6.07) is 5.09. The van der Waals surface area contributed by atoms with Crippen LogP contribution in [0.15, 0.2) is 42.8 Å². The SMILES string of the molecule is Cn1c(=O)n(C)c2cc(C(=O)c3ccoc3Br)c(Br)cc21. The summed E-state index contributed by atoms with van der Waals surface area (Å²) in [6.45, 7) is 0. The third-order valence-corrected chi connectivity index (χ3v) is 4.74. The van der Waals surface area contributed by atoms with Gasteiger partial charge in [0, 0.05) is 24.1 Å². The summed E-state index contributed by atoms with van der Waals surface area (Å²) in [6.07, 6.45) is 1.45. The number of furan rings is 1. The van der Waals surface area contributed by atoms with E-state index in [1.807, 2.05) is 0 Å². The van der Waals surface area contributed by atoms with Crippen molar-refractivity contribution in [3.05, 3.63) is 55.2 Å². The summed E-state index contributed by atoms with van der Waals surface area (Å²) in [5.41, 5.74) is 2.25. The summed E-state index contributed by atoms with van der Waals surface area (Å²) < 4.78 is 9.19. The molecule has 2 heterocycles. The summed E-state index contributed by atoms with van der Waals surface area (Å²) >= 11 is 6.61. The number of aryl methyl sites for hydroxylation is 2. The molecule has 0 aliphatic rings. The van der Waals surface area contributed by atoms with E-state index in [1.54, 1.807) is 36.9 Å². The topological polar surface area (TPSA) is 57.1 Å². The molecule has 108 valence electrons. The zero-order valence-corrected chi connectivity index (χ0v) is 14.4. The minimum atomic E-state index is -0.180. The van der Waals surface area contributed by atoms with Gasteiger partial charge in [0.15, 0.2) is 10.5 Å². The largest absolute Gasteiger partial charge is 0.457 e. The Balaban J connectivity index is 2.27. The molecule has 0 fully saturated rings. The number of ketones is 1. The number of benzene rings is 1. The molecule has 0 spiro atoms. The molecule has 0 N–H and O–H groups in total. The van der Waals surface area contributed by atoms with Gasteiger partial charge in [-0.05, 0) is 50.1 Å². The zero-order chi connectivity index (χ0) is 15.3. The number of halogens is 2. The summed E-state index contributed by atoms with van der Waals surface area (Å²) in [5, 5.41) is 0. The van der Waals surface area contributed by atoms with E-state index in [9.17, 15) is 9.59 Å². The number of aromatic nitrogens is 2. The lowest BCUT2D eigenvalue weighted by Gasteiger charge is -2.04. The van der Waals surface area contributed by atoms with Crippen LogP contribution < -0.4 is 5.69 Å². The van der Waals surface area contributed by atoms with Crippen molar-refractivity contribution >= 4 is 48.7 Å². The van der Waals surface area contributed by atoms with Crippen molar-refractivity contribution in [3.8, 4) is 0 Å². The molecular weight excluding hydrogens is 404 g/mol. The first-order valence-electron chi connectivity index (χ1n) is 6.04. The normalized spacial score (nSPS) is 11.2. The highest BCUT2D eigenvalue weighted by Crippen LogP contribution is 2.28. The number of rotatable bonds is 2. The van der Waals surface area contributed by atoms with Crippen LogP contribution in [0.5, 0.6) is 0 Å². The maximum atomic E-state index is 12.6. The molecule has 3 aromatic rings. The number of hydrogen-bond donors (Lipinski definition) is 0. The first kappa shape index (κ1) is 14.3. The first-order chi connectivity index (χ1) is 9.91. The third-order valence-electron chi connectivity index (χ3n) is 3.47. The van der Waals surface area contributed by atoms with Crippen LogP contribution in [0.25, 0.3) is 11.0 Å². The second-order valence-corrected chi connectivity index (χ2v) is 6.23. The van der Waals surface area contributed by atoms with E-state index in [4.69, 9.17) is 4.42 Å². The molecule has 5 nitrogen and oxygen atoms in total. The van der Waals surface area contributed by atoms with E-state index in [0.29, 0.717) is 25.8 Å². The molecule has 1 aromatic carbocycles. The van der Waals surface area contributed by atoms with Crippen molar-refractivity contribution in [1.82, 2.24) is 9.13 Å². The van der Waals surface area contributed by atoms with Gasteiger partial charge in [0.2, 0.25) is 0 Å². The Labute approximate surface area is 136 Å². The van der Waals surface area contributed by atoms with Gasteiger partial charge in [0.1, 0.15) is 0 Å². The number of nitrogens with zero attached hydrogens (tertiary/aromatic N) is 2. The van der Waals surface area contributed by atoms with E-state index in [1.165, 1.54) is 10.8 Å². The van der Waals surface area contributed by atoms with E-state index < -0.39 is 0 Å². The van der Waals surface area contributed by atoms with Gasteiger partial charge in [-0.25, -0.2) is 4.79 Å². The van der Waals surface area contributed by atoms with Gasteiger partial charge < -0.3 is 4.42 Å². The number of carbonyl (C=O) groups excluding carboxylic acids is 1. The predicted octanol–water partition coefficient (Wildman–Crippen LogP) is 3.23. The Hall–Kier alpha value is -1.60. The van der Waals surface area contributed by atoms with Crippen molar-refractivity contribution in [2.75, 3.05) is 0 Å². The smallest absolute Gasteiger partial charge is 0.328 e. The van der Waals surface area contributed by atoms with E-state index in [-0.39, 0.29) is 11.5 Å². The Kier molecular flexibility index (Phi) is 3.41. The van der Waals surface area contributed by atoms with Crippen LogP contribution in [0.2, 0.25) is 0 Å². The standard InChI is InChI=1S/C14H10Br2N2O3/c1-17-10-5-8(12(19)7-3-4-21-13(7)16)9(15)6-11(10)18(2)14(17)20/h3-6H,1-2H3. The van der Waals surface area contributed by atoms with Gasteiger partial charge in [-0.1, -0.05) is 0 Å². The number of fused-ring (bicyclic) bond motifs is 1. The fraction of sp³-hybridized carbons (Fsp3) is 0.143. The minimum absolute atomic E-state index is 0.133. The van der Waals surface area contributed by atoms with Crippen LogP contribution >= 0.6 is 31.9 Å². The molecule has 21 heavy (non-hydrogen) atoms. The summed E-state index contributed by atoms with van der Waals surface area (Å²) in [7, 11) is 3.38. The highest BCUT2D eigenvalue weighted by Gasteiger charge is 2.20. The number of imidazole rings is 1. The molecule has 7 heteroatoms. The van der Waals surface area contributed by atoms with Crippen LogP contribution in [-0.2, 0) is 14.1 Å². The van der Waals surface area contributed by atoms with Crippen LogP contribution in [0.1, 0.15) is 15.9 Å². The van der Waals surface area contributed by atoms with Gasteiger partial charge in [-0.2, -0.15) is 0 Å². The molecule has 0 bridgehead atoms.